The maximum Gasteiger partial charge on any atom is 0.123 e. The van der Waals surface area contributed by atoms with Gasteiger partial charge in [-0.2, -0.15) is 5.10 Å². The van der Waals surface area contributed by atoms with Gasteiger partial charge >= 0.3 is 0 Å². The summed E-state index contributed by atoms with van der Waals surface area (Å²) in [7, 11) is 1.86. The molecule has 4 heteroatoms. The molecule has 3 rings (SSSR count). The van der Waals surface area contributed by atoms with Gasteiger partial charge in [-0.3, -0.25) is 9.67 Å². The molecule has 2 heterocycles. The molecular weight excluding hydrogens is 241 g/mol. The molecule has 0 bridgehead atoms. The number of benzene rings is 1. The van der Waals surface area contributed by atoms with Gasteiger partial charge < -0.3 is 0 Å². The van der Waals surface area contributed by atoms with Crippen molar-refractivity contribution < 1.29 is 4.39 Å². The molecule has 94 valence electrons. The number of rotatable bonds is 2. The van der Waals surface area contributed by atoms with Gasteiger partial charge in [-0.05, 0) is 29.8 Å². The summed E-state index contributed by atoms with van der Waals surface area (Å²) < 4.78 is 14.7. The maximum absolute atomic E-state index is 13.0. The zero-order valence-electron chi connectivity index (χ0n) is 10.4. The van der Waals surface area contributed by atoms with Crippen molar-refractivity contribution in [2.45, 2.75) is 0 Å². The molecule has 3 aromatic rings. The van der Waals surface area contributed by atoms with Crippen molar-refractivity contribution in [1.82, 2.24) is 14.8 Å². The molecule has 0 saturated heterocycles. The fourth-order valence-electron chi connectivity index (χ4n) is 2.02. The highest BCUT2D eigenvalue weighted by Crippen LogP contribution is 2.29. The molecule has 3 nitrogen and oxygen atoms in total. The van der Waals surface area contributed by atoms with Gasteiger partial charge in [-0.25, -0.2) is 4.39 Å². The van der Waals surface area contributed by atoms with Crippen molar-refractivity contribution in [3.63, 3.8) is 0 Å². The van der Waals surface area contributed by atoms with E-state index in [1.165, 1.54) is 12.1 Å². The van der Waals surface area contributed by atoms with Crippen molar-refractivity contribution in [1.29, 1.82) is 0 Å². The average Bonchev–Trinajstić information content (AvgIpc) is 2.83. The predicted octanol–water partition coefficient (Wildman–Crippen LogP) is 3.29. The van der Waals surface area contributed by atoms with E-state index in [4.69, 9.17) is 0 Å². The van der Waals surface area contributed by atoms with Gasteiger partial charge in [-0.15, -0.1) is 0 Å². The predicted molar refractivity (Wildman–Crippen MR) is 71.8 cm³/mol. The zero-order valence-corrected chi connectivity index (χ0v) is 10.4. The Hall–Kier alpha value is -2.49. The van der Waals surface area contributed by atoms with E-state index >= 15 is 0 Å². The third kappa shape index (κ3) is 2.25. The monoisotopic (exact) mass is 253 g/mol. The van der Waals surface area contributed by atoms with Crippen molar-refractivity contribution in [2.75, 3.05) is 0 Å². The van der Waals surface area contributed by atoms with E-state index in [1.807, 2.05) is 31.4 Å². The highest BCUT2D eigenvalue weighted by Gasteiger charge is 2.12. The minimum atomic E-state index is -0.243. The number of aromatic nitrogens is 3. The third-order valence-electron chi connectivity index (χ3n) is 2.89. The molecule has 0 aliphatic carbocycles. The minimum Gasteiger partial charge on any atom is -0.274 e. The van der Waals surface area contributed by atoms with Crippen LogP contribution in [-0.4, -0.2) is 14.8 Å². The van der Waals surface area contributed by atoms with Crippen LogP contribution in [0.3, 0.4) is 0 Å². The molecule has 0 saturated carbocycles. The van der Waals surface area contributed by atoms with E-state index in [9.17, 15) is 4.39 Å². The summed E-state index contributed by atoms with van der Waals surface area (Å²) in [6.07, 6.45) is 3.65. The molecule has 2 aromatic heterocycles. The number of hydrogen-bond acceptors (Lipinski definition) is 2. The highest BCUT2D eigenvalue weighted by molar-refractivity contribution is 5.78. The first-order chi connectivity index (χ1) is 9.24. The molecule has 0 aliphatic heterocycles. The Morgan fingerprint density at radius 3 is 2.53 bits per heavy atom. The summed E-state index contributed by atoms with van der Waals surface area (Å²) in [6.45, 7) is 0. The van der Waals surface area contributed by atoms with Gasteiger partial charge in [0.15, 0.2) is 0 Å². The second-order valence-corrected chi connectivity index (χ2v) is 4.29. The Kier molecular flexibility index (Phi) is 2.83. The van der Waals surface area contributed by atoms with Crippen LogP contribution in [0.5, 0.6) is 0 Å². The topological polar surface area (TPSA) is 30.7 Å². The van der Waals surface area contributed by atoms with Crippen LogP contribution in [0, 0.1) is 5.82 Å². The molecule has 1 aromatic carbocycles. The Morgan fingerprint density at radius 2 is 1.84 bits per heavy atom. The zero-order chi connectivity index (χ0) is 13.2. The molecule has 0 N–H and O–H groups in total. The summed E-state index contributed by atoms with van der Waals surface area (Å²) in [5.74, 6) is -0.243. The molecule has 0 amide bonds. The second-order valence-electron chi connectivity index (χ2n) is 4.29. The lowest BCUT2D eigenvalue weighted by Crippen LogP contribution is -1.89. The number of aryl methyl sites for hydroxylation is 1. The Balaban J connectivity index is 2.15. The lowest BCUT2D eigenvalue weighted by atomic mass is 10.0. The first-order valence-corrected chi connectivity index (χ1v) is 5.95. The molecule has 0 unspecified atom stereocenters. The SMILES string of the molecule is Cn1cc(-c2ccc(F)cc2)c(-c2ccccn2)n1. The molecule has 0 aliphatic rings. The number of hydrogen-bond donors (Lipinski definition) is 0. The van der Waals surface area contributed by atoms with E-state index in [1.54, 1.807) is 23.0 Å². The lowest BCUT2D eigenvalue weighted by Gasteiger charge is -2.01. The number of pyridine rings is 1. The van der Waals surface area contributed by atoms with Gasteiger partial charge in [0.1, 0.15) is 11.5 Å². The first-order valence-electron chi connectivity index (χ1n) is 5.95. The largest absolute Gasteiger partial charge is 0.274 e. The van der Waals surface area contributed by atoms with Crippen molar-refractivity contribution in [3.05, 3.63) is 60.7 Å². The first kappa shape index (κ1) is 11.6. The van der Waals surface area contributed by atoms with Gasteiger partial charge in [-0.1, -0.05) is 18.2 Å². The smallest absolute Gasteiger partial charge is 0.123 e. The van der Waals surface area contributed by atoms with E-state index in [0.717, 1.165) is 22.5 Å². The normalized spacial score (nSPS) is 10.6. The van der Waals surface area contributed by atoms with E-state index < -0.39 is 0 Å². The summed E-state index contributed by atoms with van der Waals surface area (Å²) in [5, 5.41) is 4.44. The van der Waals surface area contributed by atoms with Gasteiger partial charge in [0, 0.05) is 25.0 Å². The molecule has 0 atom stereocenters. The van der Waals surface area contributed by atoms with Gasteiger partial charge in [0.25, 0.3) is 0 Å². The standard InChI is InChI=1S/C15H12FN3/c1-19-10-13(11-5-7-12(16)8-6-11)15(18-19)14-4-2-3-9-17-14/h2-10H,1H3. The van der Waals surface area contributed by atoms with Crippen LogP contribution in [0.2, 0.25) is 0 Å². The maximum atomic E-state index is 13.0. The molecule has 19 heavy (non-hydrogen) atoms. The Labute approximate surface area is 110 Å². The van der Waals surface area contributed by atoms with Gasteiger partial charge in [0.2, 0.25) is 0 Å². The van der Waals surface area contributed by atoms with Gasteiger partial charge in [0.05, 0.1) is 5.69 Å². The van der Waals surface area contributed by atoms with Crippen LogP contribution in [0.25, 0.3) is 22.5 Å². The Morgan fingerprint density at radius 1 is 1.05 bits per heavy atom. The molecule has 0 spiro atoms. The lowest BCUT2D eigenvalue weighted by molar-refractivity contribution is 0.628. The summed E-state index contributed by atoms with van der Waals surface area (Å²) in [6, 6.07) is 12.1. The quantitative estimate of drug-likeness (QED) is 0.701. The van der Waals surface area contributed by atoms with Crippen molar-refractivity contribution >= 4 is 0 Å². The van der Waals surface area contributed by atoms with E-state index in [0.29, 0.717) is 0 Å². The number of halogens is 1. The minimum absolute atomic E-state index is 0.243. The van der Waals surface area contributed by atoms with Crippen LogP contribution in [-0.2, 0) is 7.05 Å². The average molecular weight is 253 g/mol. The van der Waals surface area contributed by atoms with Crippen LogP contribution in [0.1, 0.15) is 0 Å². The van der Waals surface area contributed by atoms with Crippen LogP contribution in [0.4, 0.5) is 4.39 Å². The highest BCUT2D eigenvalue weighted by atomic mass is 19.1. The second kappa shape index (κ2) is 4.65. The molecule has 0 fully saturated rings. The van der Waals surface area contributed by atoms with Crippen LogP contribution >= 0.6 is 0 Å². The fourth-order valence-corrected chi connectivity index (χ4v) is 2.02. The summed E-state index contributed by atoms with van der Waals surface area (Å²) in [5.41, 5.74) is 3.48. The van der Waals surface area contributed by atoms with Crippen LogP contribution in [0.15, 0.2) is 54.9 Å². The Bertz CT molecular complexity index is 687. The van der Waals surface area contributed by atoms with Crippen molar-refractivity contribution in [3.8, 4) is 22.5 Å². The van der Waals surface area contributed by atoms with Crippen molar-refractivity contribution in [2.24, 2.45) is 7.05 Å². The molecular formula is C15H12FN3. The van der Waals surface area contributed by atoms with E-state index in [-0.39, 0.29) is 5.82 Å². The van der Waals surface area contributed by atoms with Crippen LogP contribution < -0.4 is 0 Å². The number of nitrogens with zero attached hydrogens (tertiary/aromatic N) is 3. The summed E-state index contributed by atoms with van der Waals surface area (Å²) >= 11 is 0. The fraction of sp³-hybridized carbons (Fsp3) is 0.0667. The molecule has 0 radical (unpaired) electrons. The van der Waals surface area contributed by atoms with E-state index in [2.05, 4.69) is 10.1 Å². The summed E-state index contributed by atoms with van der Waals surface area (Å²) in [4.78, 5) is 4.32. The third-order valence-corrected chi connectivity index (χ3v) is 2.89.